The van der Waals surface area contributed by atoms with E-state index in [0.717, 1.165) is 32.2 Å². The molecular formula is C22H39NO2Si. The molecule has 1 unspecified atom stereocenters. The highest BCUT2D eigenvalue weighted by Crippen LogP contribution is 2.27. The molecule has 0 heterocycles. The van der Waals surface area contributed by atoms with Crippen molar-refractivity contribution >= 4 is 8.07 Å². The number of allylic oxidation sites excluding steroid dienone is 1. The molecule has 1 atom stereocenters. The van der Waals surface area contributed by atoms with Gasteiger partial charge < -0.3 is 14.8 Å². The number of nitrogens with one attached hydrogen (secondary N) is 1. The number of ether oxygens (including phenoxy) is 2. The van der Waals surface area contributed by atoms with Crippen molar-refractivity contribution in [2.75, 3.05) is 20.8 Å². The van der Waals surface area contributed by atoms with Crippen LogP contribution in [0, 0.1) is 0 Å². The lowest BCUT2D eigenvalue weighted by Gasteiger charge is -2.24. The molecule has 0 spiro atoms. The Kier molecular flexibility index (Phi) is 11.1. The summed E-state index contributed by atoms with van der Waals surface area (Å²) in [6.45, 7) is 10.5. The molecule has 0 fully saturated rings. The second kappa shape index (κ2) is 12.4. The van der Waals surface area contributed by atoms with E-state index in [1.807, 2.05) is 0 Å². The normalized spacial score (nSPS) is 14.0. The largest absolute Gasteiger partial charge is 0.356 e. The molecule has 0 bridgehead atoms. The van der Waals surface area contributed by atoms with Crippen LogP contribution < -0.4 is 5.32 Å². The van der Waals surface area contributed by atoms with Crippen LogP contribution in [-0.4, -0.2) is 35.1 Å². The first kappa shape index (κ1) is 23.1. The topological polar surface area (TPSA) is 30.5 Å². The molecule has 26 heavy (non-hydrogen) atoms. The Morgan fingerprint density at radius 3 is 2.27 bits per heavy atom. The third kappa shape index (κ3) is 9.67. The predicted molar refractivity (Wildman–Crippen MR) is 115 cm³/mol. The summed E-state index contributed by atoms with van der Waals surface area (Å²) in [5.74, 6) is 0. The Morgan fingerprint density at radius 2 is 1.73 bits per heavy atom. The van der Waals surface area contributed by atoms with Gasteiger partial charge in [0.2, 0.25) is 0 Å². The standard InChI is InChI=1S/C22H39NO2Si/c1-7-19(18-26(4,5)6)17-21(20-13-9-8-10-14-20)23-16-12-11-15-22(24-2)25-3/h7-10,13-14,21-23H,11-12,15-18H2,1-6H3/b19-7+. The maximum atomic E-state index is 5.26. The molecule has 0 radical (unpaired) electrons. The number of benzene rings is 1. The molecule has 1 rings (SSSR count). The molecule has 4 heteroatoms. The van der Waals surface area contributed by atoms with Gasteiger partial charge in [-0.2, -0.15) is 0 Å². The Bertz CT molecular complexity index is 507. The average molecular weight is 378 g/mol. The van der Waals surface area contributed by atoms with Crippen molar-refractivity contribution in [3.63, 3.8) is 0 Å². The zero-order valence-corrected chi connectivity index (χ0v) is 18.7. The monoisotopic (exact) mass is 377 g/mol. The summed E-state index contributed by atoms with van der Waals surface area (Å²) in [5, 5.41) is 3.79. The average Bonchev–Trinajstić information content (AvgIpc) is 2.62. The van der Waals surface area contributed by atoms with Gasteiger partial charge in [0.15, 0.2) is 6.29 Å². The van der Waals surface area contributed by atoms with E-state index in [1.54, 1.807) is 19.8 Å². The van der Waals surface area contributed by atoms with Gasteiger partial charge in [-0.3, -0.25) is 0 Å². The highest BCUT2D eigenvalue weighted by atomic mass is 28.3. The number of unbranched alkanes of at least 4 members (excludes halogenated alkanes) is 1. The third-order valence-electron chi connectivity index (χ3n) is 4.62. The van der Waals surface area contributed by atoms with Crippen molar-refractivity contribution in [2.45, 2.75) is 70.6 Å². The van der Waals surface area contributed by atoms with Gasteiger partial charge in [0, 0.05) is 28.3 Å². The molecule has 3 nitrogen and oxygen atoms in total. The fraction of sp³-hybridized carbons (Fsp3) is 0.636. The van der Waals surface area contributed by atoms with E-state index in [0.29, 0.717) is 6.04 Å². The van der Waals surface area contributed by atoms with Gasteiger partial charge in [-0.1, -0.05) is 61.6 Å². The fourth-order valence-corrected chi connectivity index (χ4v) is 4.98. The van der Waals surface area contributed by atoms with Crippen molar-refractivity contribution in [2.24, 2.45) is 0 Å². The van der Waals surface area contributed by atoms with Crippen LogP contribution in [0.1, 0.15) is 44.2 Å². The minimum atomic E-state index is -1.10. The Morgan fingerprint density at radius 1 is 1.08 bits per heavy atom. The quantitative estimate of drug-likeness (QED) is 0.204. The molecule has 0 aliphatic rings. The van der Waals surface area contributed by atoms with Crippen LogP contribution in [0.15, 0.2) is 42.0 Å². The molecule has 0 saturated carbocycles. The number of methoxy groups -OCH3 is 2. The van der Waals surface area contributed by atoms with Crippen LogP contribution in [0.3, 0.4) is 0 Å². The third-order valence-corrected chi connectivity index (χ3v) is 6.13. The van der Waals surface area contributed by atoms with Gasteiger partial charge in [-0.05, 0) is 50.8 Å². The van der Waals surface area contributed by atoms with E-state index in [9.17, 15) is 0 Å². The summed E-state index contributed by atoms with van der Waals surface area (Å²) >= 11 is 0. The summed E-state index contributed by atoms with van der Waals surface area (Å²) in [6, 6.07) is 12.5. The van der Waals surface area contributed by atoms with Crippen molar-refractivity contribution in [3.8, 4) is 0 Å². The molecule has 1 N–H and O–H groups in total. The first-order valence-electron chi connectivity index (χ1n) is 9.87. The van der Waals surface area contributed by atoms with Crippen molar-refractivity contribution in [1.82, 2.24) is 5.32 Å². The van der Waals surface area contributed by atoms with Gasteiger partial charge >= 0.3 is 0 Å². The van der Waals surface area contributed by atoms with E-state index >= 15 is 0 Å². The van der Waals surface area contributed by atoms with Crippen molar-refractivity contribution in [1.29, 1.82) is 0 Å². The van der Waals surface area contributed by atoms with Crippen molar-refractivity contribution in [3.05, 3.63) is 47.5 Å². The maximum absolute atomic E-state index is 5.26. The predicted octanol–water partition coefficient (Wildman–Crippen LogP) is 5.78. The molecule has 0 aliphatic heterocycles. The van der Waals surface area contributed by atoms with Crippen LogP contribution in [-0.2, 0) is 9.47 Å². The van der Waals surface area contributed by atoms with Gasteiger partial charge in [-0.25, -0.2) is 0 Å². The highest BCUT2D eigenvalue weighted by Gasteiger charge is 2.19. The van der Waals surface area contributed by atoms with Gasteiger partial charge in [0.25, 0.3) is 0 Å². The molecule has 0 aromatic heterocycles. The summed E-state index contributed by atoms with van der Waals surface area (Å²) in [7, 11) is 2.31. The second-order valence-electron chi connectivity index (χ2n) is 8.20. The lowest BCUT2D eigenvalue weighted by molar-refractivity contribution is -0.107. The SMILES string of the molecule is C/C=C(\CC(NCCCCC(OC)OC)c1ccccc1)C[Si](C)(C)C. The first-order valence-corrected chi connectivity index (χ1v) is 13.6. The minimum absolute atomic E-state index is 0.0775. The van der Waals surface area contributed by atoms with E-state index in [1.165, 1.54) is 11.6 Å². The van der Waals surface area contributed by atoms with Gasteiger partial charge in [0.1, 0.15) is 0 Å². The second-order valence-corrected chi connectivity index (χ2v) is 13.7. The fourth-order valence-electron chi connectivity index (χ4n) is 3.27. The summed E-state index contributed by atoms with van der Waals surface area (Å²) in [6.07, 6.45) is 6.53. The maximum Gasteiger partial charge on any atom is 0.156 e. The zero-order chi connectivity index (χ0) is 19.4. The van der Waals surface area contributed by atoms with E-state index < -0.39 is 8.07 Å². The van der Waals surface area contributed by atoms with Gasteiger partial charge in [-0.15, -0.1) is 0 Å². The molecule has 1 aromatic carbocycles. The summed E-state index contributed by atoms with van der Waals surface area (Å²) in [4.78, 5) is 0. The molecule has 0 aliphatic carbocycles. The van der Waals surface area contributed by atoms with E-state index in [-0.39, 0.29) is 6.29 Å². The Labute approximate surface area is 162 Å². The zero-order valence-electron chi connectivity index (χ0n) is 17.7. The lowest BCUT2D eigenvalue weighted by Crippen LogP contribution is -2.26. The van der Waals surface area contributed by atoms with Gasteiger partial charge in [0.05, 0.1) is 0 Å². The lowest BCUT2D eigenvalue weighted by atomic mass is 9.99. The highest BCUT2D eigenvalue weighted by molar-refractivity contribution is 6.76. The molecule has 1 aromatic rings. The Balaban J connectivity index is 2.60. The first-order chi connectivity index (χ1) is 12.4. The smallest absolute Gasteiger partial charge is 0.156 e. The Hall–Kier alpha value is -0.943. The summed E-state index contributed by atoms with van der Waals surface area (Å²) < 4.78 is 10.5. The van der Waals surface area contributed by atoms with Crippen LogP contribution in [0.25, 0.3) is 0 Å². The van der Waals surface area contributed by atoms with Crippen molar-refractivity contribution < 1.29 is 9.47 Å². The molecular weight excluding hydrogens is 338 g/mol. The summed E-state index contributed by atoms with van der Waals surface area (Å²) in [5.41, 5.74) is 2.97. The minimum Gasteiger partial charge on any atom is -0.356 e. The number of hydrogen-bond donors (Lipinski definition) is 1. The number of rotatable bonds is 13. The van der Waals surface area contributed by atoms with Crippen LogP contribution in [0.4, 0.5) is 0 Å². The van der Waals surface area contributed by atoms with Crippen LogP contribution in [0.2, 0.25) is 25.7 Å². The molecule has 148 valence electrons. The van der Waals surface area contributed by atoms with E-state index in [2.05, 4.69) is 68.3 Å². The van der Waals surface area contributed by atoms with Crippen LogP contribution in [0.5, 0.6) is 0 Å². The van der Waals surface area contributed by atoms with E-state index in [4.69, 9.17) is 9.47 Å². The number of hydrogen-bond acceptors (Lipinski definition) is 3. The molecule has 0 amide bonds. The van der Waals surface area contributed by atoms with Crippen LogP contribution >= 0.6 is 0 Å². The molecule has 0 saturated heterocycles.